The molecule has 1 aromatic heterocycles. The van der Waals surface area contributed by atoms with Crippen LogP contribution in [0, 0.1) is 0 Å². The van der Waals surface area contributed by atoms with Gasteiger partial charge in [-0.25, -0.2) is 4.68 Å². The number of benzene rings is 1. The van der Waals surface area contributed by atoms with Crippen LogP contribution in [-0.4, -0.2) is 29.3 Å². The van der Waals surface area contributed by atoms with E-state index >= 15 is 0 Å². The highest BCUT2D eigenvalue weighted by molar-refractivity contribution is 14.0. The van der Waals surface area contributed by atoms with Crippen molar-refractivity contribution < 1.29 is 0 Å². The maximum atomic E-state index is 4.21. The van der Waals surface area contributed by atoms with Crippen molar-refractivity contribution in [2.24, 2.45) is 4.99 Å². The highest BCUT2D eigenvalue weighted by Crippen LogP contribution is 2.08. The van der Waals surface area contributed by atoms with Crippen molar-refractivity contribution in [1.82, 2.24) is 20.4 Å². The van der Waals surface area contributed by atoms with E-state index in [1.165, 1.54) is 5.56 Å². The Hall–Kier alpha value is -1.57. The lowest BCUT2D eigenvalue weighted by molar-refractivity contribution is 0.781. The van der Waals surface area contributed by atoms with Crippen molar-refractivity contribution in [1.29, 1.82) is 0 Å². The number of nitrogens with one attached hydrogen (secondary N) is 2. The van der Waals surface area contributed by atoms with Gasteiger partial charge in [-0.05, 0) is 30.2 Å². The highest BCUT2D eigenvalue weighted by atomic mass is 127. The molecule has 0 spiro atoms. The number of rotatable bonds is 5. The minimum Gasteiger partial charge on any atom is -0.356 e. The van der Waals surface area contributed by atoms with E-state index < -0.39 is 0 Å². The van der Waals surface area contributed by atoms with E-state index in [-0.39, 0.29) is 24.0 Å². The Kier molecular flexibility index (Phi) is 7.81. The van der Waals surface area contributed by atoms with Crippen molar-refractivity contribution >= 4 is 29.9 Å². The van der Waals surface area contributed by atoms with Crippen molar-refractivity contribution in [2.75, 3.05) is 13.6 Å². The summed E-state index contributed by atoms with van der Waals surface area (Å²) in [6, 6.07) is 10.2. The molecule has 0 bridgehead atoms. The largest absolute Gasteiger partial charge is 0.356 e. The Balaban J connectivity index is 0.00000220. The molecule has 0 atom stereocenters. The fraction of sp³-hybridized carbons (Fsp3) is 0.333. The summed E-state index contributed by atoms with van der Waals surface area (Å²) >= 11 is 0. The SMILES string of the molecule is CCCNC(=NC)NCc1ccc(-n2cccn2)cc1.I. The van der Waals surface area contributed by atoms with Gasteiger partial charge in [0.05, 0.1) is 5.69 Å². The molecule has 21 heavy (non-hydrogen) atoms. The van der Waals surface area contributed by atoms with Gasteiger partial charge in [0, 0.05) is 32.5 Å². The molecule has 2 N–H and O–H groups in total. The zero-order valence-electron chi connectivity index (χ0n) is 12.4. The second kappa shape index (κ2) is 9.38. The number of guanidine groups is 1. The Bertz CT molecular complexity index is 534. The Labute approximate surface area is 142 Å². The molecule has 0 radical (unpaired) electrons. The summed E-state index contributed by atoms with van der Waals surface area (Å²) in [5, 5.41) is 10.7. The second-order valence-electron chi connectivity index (χ2n) is 4.47. The van der Waals surface area contributed by atoms with Crippen LogP contribution in [0.3, 0.4) is 0 Å². The molecule has 0 aliphatic heterocycles. The summed E-state index contributed by atoms with van der Waals surface area (Å²) < 4.78 is 1.85. The zero-order valence-corrected chi connectivity index (χ0v) is 14.7. The quantitative estimate of drug-likeness (QED) is 0.462. The predicted molar refractivity (Wildman–Crippen MR) is 97.5 cm³/mol. The average molecular weight is 399 g/mol. The first kappa shape index (κ1) is 17.5. The molecule has 0 aliphatic rings. The molecule has 114 valence electrons. The molecule has 6 heteroatoms. The van der Waals surface area contributed by atoms with Gasteiger partial charge in [-0.15, -0.1) is 24.0 Å². The highest BCUT2D eigenvalue weighted by Gasteiger charge is 1.99. The standard InChI is InChI=1S/C15H21N5.HI/c1-3-9-17-15(16-2)18-12-13-5-7-14(8-6-13)20-11-4-10-19-20;/h4-8,10-11H,3,9,12H2,1-2H3,(H2,16,17,18);1H. The van der Waals surface area contributed by atoms with Crippen molar-refractivity contribution in [3.8, 4) is 5.69 Å². The minimum absolute atomic E-state index is 0. The summed E-state index contributed by atoms with van der Waals surface area (Å²) in [6.07, 6.45) is 4.79. The molecule has 1 heterocycles. The molecule has 1 aromatic carbocycles. The predicted octanol–water partition coefficient (Wildman–Crippen LogP) is 2.57. The summed E-state index contributed by atoms with van der Waals surface area (Å²) in [7, 11) is 1.78. The number of aliphatic imine (C=N–C) groups is 1. The normalized spacial score (nSPS) is 10.9. The lowest BCUT2D eigenvalue weighted by Crippen LogP contribution is -2.37. The number of aromatic nitrogens is 2. The van der Waals surface area contributed by atoms with Gasteiger partial charge in [0.15, 0.2) is 5.96 Å². The second-order valence-corrected chi connectivity index (χ2v) is 4.47. The summed E-state index contributed by atoms with van der Waals surface area (Å²) in [4.78, 5) is 4.18. The van der Waals surface area contributed by atoms with Crippen LogP contribution in [0.5, 0.6) is 0 Å². The first-order valence-electron chi connectivity index (χ1n) is 6.87. The number of hydrogen-bond acceptors (Lipinski definition) is 2. The minimum atomic E-state index is 0. The van der Waals surface area contributed by atoms with Gasteiger partial charge in [0.2, 0.25) is 0 Å². The summed E-state index contributed by atoms with van der Waals surface area (Å²) in [6.45, 7) is 3.81. The molecule has 0 amide bonds. The first-order chi connectivity index (χ1) is 9.83. The van der Waals surface area contributed by atoms with Crippen molar-refractivity contribution in [2.45, 2.75) is 19.9 Å². The molecule has 2 aromatic rings. The molecule has 0 unspecified atom stereocenters. The molecule has 5 nitrogen and oxygen atoms in total. The van der Waals surface area contributed by atoms with Crippen LogP contribution in [0.1, 0.15) is 18.9 Å². The smallest absolute Gasteiger partial charge is 0.191 e. The van der Waals surface area contributed by atoms with Crippen LogP contribution in [0.2, 0.25) is 0 Å². The van der Waals surface area contributed by atoms with Gasteiger partial charge in [0.25, 0.3) is 0 Å². The lowest BCUT2D eigenvalue weighted by atomic mass is 10.2. The molecule has 0 saturated carbocycles. The van der Waals surface area contributed by atoms with Crippen LogP contribution >= 0.6 is 24.0 Å². The Morgan fingerprint density at radius 2 is 2.00 bits per heavy atom. The van der Waals surface area contributed by atoms with E-state index in [2.05, 4.69) is 51.9 Å². The molecular weight excluding hydrogens is 377 g/mol. The fourth-order valence-corrected chi connectivity index (χ4v) is 1.84. The number of halogens is 1. The third-order valence-electron chi connectivity index (χ3n) is 2.93. The molecule has 0 fully saturated rings. The van der Waals surface area contributed by atoms with Crippen LogP contribution in [0.25, 0.3) is 5.69 Å². The maximum absolute atomic E-state index is 4.21. The third kappa shape index (κ3) is 5.37. The van der Waals surface area contributed by atoms with Gasteiger partial charge in [-0.3, -0.25) is 4.99 Å². The summed E-state index contributed by atoms with van der Waals surface area (Å²) in [5.74, 6) is 0.836. The van der Waals surface area contributed by atoms with E-state index in [1.807, 2.05) is 16.9 Å². The van der Waals surface area contributed by atoms with Gasteiger partial charge < -0.3 is 10.6 Å². The van der Waals surface area contributed by atoms with Gasteiger partial charge in [-0.1, -0.05) is 19.1 Å². The molecule has 0 aliphatic carbocycles. The first-order valence-corrected chi connectivity index (χ1v) is 6.87. The van der Waals surface area contributed by atoms with Crippen LogP contribution in [0.15, 0.2) is 47.7 Å². The molecule has 0 saturated heterocycles. The number of nitrogens with zero attached hydrogens (tertiary/aromatic N) is 3. The fourth-order valence-electron chi connectivity index (χ4n) is 1.84. The lowest BCUT2D eigenvalue weighted by Gasteiger charge is -2.11. The third-order valence-corrected chi connectivity index (χ3v) is 2.93. The molecular formula is C15H22IN5. The Morgan fingerprint density at radius 3 is 2.57 bits per heavy atom. The van der Waals surface area contributed by atoms with Crippen LogP contribution in [0.4, 0.5) is 0 Å². The van der Waals surface area contributed by atoms with Gasteiger partial charge >= 0.3 is 0 Å². The van der Waals surface area contributed by atoms with E-state index in [9.17, 15) is 0 Å². The van der Waals surface area contributed by atoms with Crippen LogP contribution in [-0.2, 0) is 6.54 Å². The topological polar surface area (TPSA) is 54.2 Å². The van der Waals surface area contributed by atoms with Crippen molar-refractivity contribution in [3.63, 3.8) is 0 Å². The maximum Gasteiger partial charge on any atom is 0.191 e. The van der Waals surface area contributed by atoms with Crippen LogP contribution < -0.4 is 10.6 Å². The Morgan fingerprint density at radius 1 is 1.24 bits per heavy atom. The van der Waals surface area contributed by atoms with Gasteiger partial charge in [0.1, 0.15) is 0 Å². The van der Waals surface area contributed by atoms with E-state index in [0.717, 1.165) is 31.2 Å². The monoisotopic (exact) mass is 399 g/mol. The van der Waals surface area contributed by atoms with E-state index in [4.69, 9.17) is 0 Å². The van der Waals surface area contributed by atoms with Gasteiger partial charge in [-0.2, -0.15) is 5.10 Å². The number of hydrogen-bond donors (Lipinski definition) is 2. The average Bonchev–Trinajstić information content (AvgIpc) is 3.02. The van der Waals surface area contributed by atoms with E-state index in [1.54, 1.807) is 13.2 Å². The van der Waals surface area contributed by atoms with E-state index in [0.29, 0.717) is 0 Å². The zero-order chi connectivity index (χ0) is 14.2. The molecule has 2 rings (SSSR count). The van der Waals surface area contributed by atoms with Crippen molar-refractivity contribution in [3.05, 3.63) is 48.3 Å². The summed E-state index contributed by atoms with van der Waals surface area (Å²) in [5.41, 5.74) is 2.27.